The summed E-state index contributed by atoms with van der Waals surface area (Å²) >= 11 is 0. The van der Waals surface area contributed by atoms with Crippen LogP contribution < -0.4 is 4.74 Å². The summed E-state index contributed by atoms with van der Waals surface area (Å²) in [7, 11) is 1.54. The first-order chi connectivity index (χ1) is 10.7. The number of aromatic nitrogens is 4. The van der Waals surface area contributed by atoms with Gasteiger partial charge in [-0.3, -0.25) is 4.79 Å². The highest BCUT2D eigenvalue weighted by Crippen LogP contribution is 2.23. The number of ether oxygens (including phenoxy) is 1. The van der Waals surface area contributed by atoms with Crippen LogP contribution in [-0.2, 0) is 0 Å². The molecule has 0 aliphatic carbocycles. The molecule has 1 aliphatic heterocycles. The molecule has 3 rings (SSSR count). The predicted octanol–water partition coefficient (Wildman–Crippen LogP) is 1.69. The van der Waals surface area contributed by atoms with Gasteiger partial charge in [0.05, 0.1) is 25.1 Å². The molecule has 2 aromatic heterocycles. The lowest BCUT2D eigenvalue weighted by molar-refractivity contribution is 0.0634. The van der Waals surface area contributed by atoms with Gasteiger partial charge in [0, 0.05) is 18.7 Å². The molecule has 0 N–H and O–H groups in total. The topological polar surface area (TPSA) is 73.1 Å². The van der Waals surface area contributed by atoms with Gasteiger partial charge in [-0.05, 0) is 32.3 Å². The van der Waals surface area contributed by atoms with Gasteiger partial charge in [0.2, 0.25) is 5.88 Å². The predicted molar refractivity (Wildman–Crippen MR) is 80.1 cm³/mol. The molecular weight excluding hydrogens is 282 g/mol. The molecule has 1 aliphatic rings. The lowest BCUT2D eigenvalue weighted by Crippen LogP contribution is -2.42. The summed E-state index contributed by atoms with van der Waals surface area (Å²) in [5.41, 5.74) is 0.491. The van der Waals surface area contributed by atoms with E-state index < -0.39 is 0 Å². The first kappa shape index (κ1) is 14.5. The molecular formula is C15H19N5O2. The third-order valence-corrected chi connectivity index (χ3v) is 3.96. The van der Waals surface area contributed by atoms with E-state index in [2.05, 4.69) is 22.1 Å². The molecule has 22 heavy (non-hydrogen) atoms. The van der Waals surface area contributed by atoms with E-state index in [0.717, 1.165) is 19.4 Å². The molecule has 1 fully saturated rings. The van der Waals surface area contributed by atoms with E-state index in [1.165, 1.54) is 18.3 Å². The average molecular weight is 301 g/mol. The Labute approximate surface area is 128 Å². The maximum atomic E-state index is 12.9. The number of pyridine rings is 1. The lowest BCUT2D eigenvalue weighted by atomic mass is 10.0. The monoisotopic (exact) mass is 301 g/mol. The summed E-state index contributed by atoms with van der Waals surface area (Å²) < 4.78 is 5.15. The third-order valence-electron chi connectivity index (χ3n) is 3.96. The van der Waals surface area contributed by atoms with Gasteiger partial charge in [0.15, 0.2) is 5.82 Å². The van der Waals surface area contributed by atoms with E-state index in [-0.39, 0.29) is 11.9 Å². The second-order valence-electron chi connectivity index (χ2n) is 5.39. The molecule has 7 nitrogen and oxygen atoms in total. The normalized spacial score (nSPS) is 18.3. The van der Waals surface area contributed by atoms with E-state index in [9.17, 15) is 4.79 Å². The van der Waals surface area contributed by atoms with Crippen LogP contribution in [0.5, 0.6) is 5.88 Å². The summed E-state index contributed by atoms with van der Waals surface area (Å²) in [6.45, 7) is 2.86. The van der Waals surface area contributed by atoms with Crippen molar-refractivity contribution in [3.63, 3.8) is 0 Å². The average Bonchev–Trinajstić information content (AvgIpc) is 3.08. The zero-order valence-electron chi connectivity index (χ0n) is 12.8. The van der Waals surface area contributed by atoms with Crippen LogP contribution >= 0.6 is 0 Å². The minimum atomic E-state index is -0.0327. The van der Waals surface area contributed by atoms with Crippen LogP contribution in [0.1, 0.15) is 36.5 Å². The highest BCUT2D eigenvalue weighted by Gasteiger charge is 2.27. The molecule has 1 atom stereocenters. The number of hydrogen-bond acceptors (Lipinski definition) is 5. The number of piperidine rings is 1. The molecule has 1 saturated heterocycles. The van der Waals surface area contributed by atoms with Crippen molar-refractivity contribution < 1.29 is 9.53 Å². The fraction of sp³-hybridized carbons (Fsp3) is 0.467. The van der Waals surface area contributed by atoms with Crippen LogP contribution in [0.4, 0.5) is 0 Å². The number of carbonyl (C=O) groups is 1. The summed E-state index contributed by atoms with van der Waals surface area (Å²) in [6, 6.07) is 3.66. The number of hydrogen-bond donors (Lipinski definition) is 0. The van der Waals surface area contributed by atoms with Gasteiger partial charge in [-0.15, -0.1) is 4.80 Å². The van der Waals surface area contributed by atoms with Gasteiger partial charge in [0.25, 0.3) is 5.91 Å². The van der Waals surface area contributed by atoms with Gasteiger partial charge >= 0.3 is 0 Å². The minimum Gasteiger partial charge on any atom is -0.481 e. The van der Waals surface area contributed by atoms with Crippen LogP contribution in [0.2, 0.25) is 0 Å². The SMILES string of the molecule is COc1ccc(C(=O)N2CCCCC2C)c(-n2nccn2)n1. The highest BCUT2D eigenvalue weighted by atomic mass is 16.5. The van der Waals surface area contributed by atoms with Gasteiger partial charge in [-0.25, -0.2) is 0 Å². The van der Waals surface area contributed by atoms with Crippen molar-refractivity contribution in [2.75, 3.05) is 13.7 Å². The second-order valence-corrected chi connectivity index (χ2v) is 5.39. The largest absolute Gasteiger partial charge is 0.481 e. The minimum absolute atomic E-state index is 0.0327. The number of rotatable bonds is 3. The maximum absolute atomic E-state index is 12.9. The Hall–Kier alpha value is -2.44. The van der Waals surface area contributed by atoms with Crippen molar-refractivity contribution in [1.29, 1.82) is 0 Å². The maximum Gasteiger partial charge on any atom is 0.258 e. The molecule has 0 bridgehead atoms. The quantitative estimate of drug-likeness (QED) is 0.862. The molecule has 0 saturated carbocycles. The molecule has 0 radical (unpaired) electrons. The fourth-order valence-corrected chi connectivity index (χ4v) is 2.74. The summed E-state index contributed by atoms with van der Waals surface area (Å²) in [6.07, 6.45) is 6.34. The fourth-order valence-electron chi connectivity index (χ4n) is 2.74. The first-order valence-electron chi connectivity index (χ1n) is 7.43. The Morgan fingerprint density at radius 1 is 1.27 bits per heavy atom. The smallest absolute Gasteiger partial charge is 0.258 e. The molecule has 0 spiro atoms. The first-order valence-corrected chi connectivity index (χ1v) is 7.43. The Balaban J connectivity index is 2.00. The van der Waals surface area contributed by atoms with Gasteiger partial charge in [-0.2, -0.15) is 15.2 Å². The van der Waals surface area contributed by atoms with E-state index >= 15 is 0 Å². The van der Waals surface area contributed by atoms with Crippen LogP contribution in [0, 0.1) is 0 Å². The van der Waals surface area contributed by atoms with Gasteiger partial charge in [-0.1, -0.05) is 0 Å². The molecule has 116 valence electrons. The molecule has 0 aromatic carbocycles. The van der Waals surface area contributed by atoms with Crippen molar-refractivity contribution in [3.8, 4) is 11.7 Å². The standard InChI is InChI=1S/C15H19N5O2/c1-11-5-3-4-10-19(11)15(21)12-6-7-13(22-2)18-14(12)20-16-8-9-17-20/h6-9,11H,3-5,10H2,1-2H3. The number of amides is 1. The van der Waals surface area contributed by atoms with E-state index in [1.807, 2.05) is 4.90 Å². The Morgan fingerprint density at radius 3 is 2.73 bits per heavy atom. The van der Waals surface area contributed by atoms with Crippen LogP contribution in [-0.4, -0.2) is 50.5 Å². The van der Waals surface area contributed by atoms with Crippen LogP contribution in [0.3, 0.4) is 0 Å². The van der Waals surface area contributed by atoms with Crippen molar-refractivity contribution >= 4 is 5.91 Å². The highest BCUT2D eigenvalue weighted by molar-refractivity contribution is 5.97. The van der Waals surface area contributed by atoms with E-state index in [1.54, 1.807) is 24.5 Å². The number of nitrogens with zero attached hydrogens (tertiary/aromatic N) is 5. The number of carbonyl (C=O) groups excluding carboxylic acids is 1. The molecule has 3 heterocycles. The summed E-state index contributed by atoms with van der Waals surface area (Å²) in [5.74, 6) is 0.789. The Kier molecular flexibility index (Phi) is 4.04. The Morgan fingerprint density at radius 2 is 2.05 bits per heavy atom. The van der Waals surface area contributed by atoms with Crippen LogP contribution in [0.15, 0.2) is 24.5 Å². The Bertz CT molecular complexity index is 656. The zero-order chi connectivity index (χ0) is 15.5. The van der Waals surface area contributed by atoms with Crippen molar-refractivity contribution in [1.82, 2.24) is 24.9 Å². The van der Waals surface area contributed by atoms with Gasteiger partial charge < -0.3 is 9.64 Å². The molecule has 1 unspecified atom stereocenters. The molecule has 1 amide bonds. The molecule has 2 aromatic rings. The second kappa shape index (κ2) is 6.13. The van der Waals surface area contributed by atoms with Crippen molar-refractivity contribution in [2.45, 2.75) is 32.2 Å². The summed E-state index contributed by atoms with van der Waals surface area (Å²) in [4.78, 5) is 20.5. The van der Waals surface area contributed by atoms with E-state index in [0.29, 0.717) is 17.3 Å². The number of methoxy groups -OCH3 is 1. The zero-order valence-corrected chi connectivity index (χ0v) is 12.8. The van der Waals surface area contributed by atoms with E-state index in [4.69, 9.17) is 4.74 Å². The van der Waals surface area contributed by atoms with Crippen molar-refractivity contribution in [2.24, 2.45) is 0 Å². The van der Waals surface area contributed by atoms with Gasteiger partial charge in [0.1, 0.15) is 0 Å². The van der Waals surface area contributed by atoms with Crippen LogP contribution in [0.25, 0.3) is 5.82 Å². The third kappa shape index (κ3) is 2.66. The van der Waals surface area contributed by atoms with Crippen molar-refractivity contribution in [3.05, 3.63) is 30.1 Å². The summed E-state index contributed by atoms with van der Waals surface area (Å²) in [5, 5.41) is 8.17. The number of likely N-dealkylation sites (tertiary alicyclic amines) is 1. The molecule has 7 heteroatoms. The lowest BCUT2D eigenvalue weighted by Gasteiger charge is -2.33.